The van der Waals surface area contributed by atoms with Gasteiger partial charge < -0.3 is 4.74 Å². The minimum Gasteiger partial charge on any atom is -0.453 e. The Hall–Kier alpha value is -3.79. The monoisotopic (exact) mass is 534 g/mol. The van der Waals surface area contributed by atoms with Crippen LogP contribution in [0.15, 0.2) is 90.8 Å². The molecule has 0 saturated heterocycles. The van der Waals surface area contributed by atoms with Crippen LogP contribution >= 0.6 is 0 Å². The van der Waals surface area contributed by atoms with E-state index >= 15 is 0 Å². The fourth-order valence-electron chi connectivity index (χ4n) is 6.28. The van der Waals surface area contributed by atoms with E-state index in [0.717, 1.165) is 32.2 Å². The fraction of sp³-hybridized carbons (Fsp3) is 0.361. The first-order valence-corrected chi connectivity index (χ1v) is 14.9. The number of esters is 1. The summed E-state index contributed by atoms with van der Waals surface area (Å²) in [6.07, 6.45) is 12.9. The standard InChI is InChI=1S/C36H42N2O2/c1-5-8-14-27-19-20-30-28(24-27)21-23-38-26-36(7-3,32-17-11-10-16-31(32)34(30)38)29(15-9-6-2)25-40-35(39)33-18-12-13-22-37(33)4/h10-13,15-24H,5-9,14,25-26H2,1-4H3/q+2. The Balaban J connectivity index is 1.57. The van der Waals surface area contributed by atoms with Crippen molar-refractivity contribution in [3.05, 3.63) is 108 Å². The molecule has 0 radical (unpaired) electrons. The molecule has 206 valence electrons. The van der Waals surface area contributed by atoms with E-state index in [1.807, 2.05) is 36.0 Å². The van der Waals surface area contributed by atoms with Crippen molar-refractivity contribution in [3.8, 4) is 11.3 Å². The summed E-state index contributed by atoms with van der Waals surface area (Å²) in [7, 11) is 1.87. The van der Waals surface area contributed by atoms with E-state index in [-0.39, 0.29) is 18.0 Å². The number of carbonyl (C=O) groups excluding carboxylic acids is 1. The van der Waals surface area contributed by atoms with Gasteiger partial charge in [-0.1, -0.05) is 70.0 Å². The summed E-state index contributed by atoms with van der Waals surface area (Å²) in [6, 6.07) is 23.7. The average molecular weight is 535 g/mol. The van der Waals surface area contributed by atoms with Crippen LogP contribution in [0, 0.1) is 0 Å². The Labute approximate surface area is 239 Å². The number of fused-ring (bicyclic) bond motifs is 5. The average Bonchev–Trinajstić information content (AvgIpc) is 2.99. The maximum absolute atomic E-state index is 13.1. The van der Waals surface area contributed by atoms with Gasteiger partial charge in [-0.15, -0.1) is 0 Å². The van der Waals surface area contributed by atoms with Gasteiger partial charge in [-0.3, -0.25) is 0 Å². The second kappa shape index (κ2) is 12.2. The molecule has 0 aliphatic carbocycles. The summed E-state index contributed by atoms with van der Waals surface area (Å²) in [5, 5.41) is 2.59. The van der Waals surface area contributed by atoms with E-state index < -0.39 is 0 Å². The van der Waals surface area contributed by atoms with Crippen LogP contribution < -0.4 is 9.13 Å². The van der Waals surface area contributed by atoms with Gasteiger partial charge in [0.25, 0.3) is 5.69 Å². The highest BCUT2D eigenvalue weighted by Crippen LogP contribution is 2.45. The van der Waals surface area contributed by atoms with E-state index in [0.29, 0.717) is 5.69 Å². The molecule has 3 heterocycles. The first-order valence-electron chi connectivity index (χ1n) is 14.9. The lowest BCUT2D eigenvalue weighted by atomic mass is 9.67. The molecule has 1 aliphatic heterocycles. The van der Waals surface area contributed by atoms with Gasteiger partial charge in [0.2, 0.25) is 5.69 Å². The molecule has 0 bridgehead atoms. The lowest BCUT2D eigenvalue weighted by Crippen LogP contribution is -2.52. The van der Waals surface area contributed by atoms with Gasteiger partial charge in [0.05, 0.1) is 16.4 Å². The topological polar surface area (TPSA) is 34.1 Å². The van der Waals surface area contributed by atoms with Crippen molar-refractivity contribution in [2.75, 3.05) is 6.61 Å². The minimum absolute atomic E-state index is 0.267. The lowest BCUT2D eigenvalue weighted by Gasteiger charge is -2.38. The molecule has 0 fully saturated rings. The van der Waals surface area contributed by atoms with Gasteiger partial charge >= 0.3 is 5.97 Å². The maximum Gasteiger partial charge on any atom is 0.403 e. The van der Waals surface area contributed by atoms with E-state index in [4.69, 9.17) is 4.74 Å². The number of unbranched alkanes of at least 4 members (excludes halogenated alkanes) is 2. The van der Waals surface area contributed by atoms with Gasteiger partial charge in [0.15, 0.2) is 18.9 Å². The summed E-state index contributed by atoms with van der Waals surface area (Å²) >= 11 is 0. The van der Waals surface area contributed by atoms with Crippen LogP contribution in [0.2, 0.25) is 0 Å². The van der Waals surface area contributed by atoms with Crippen LogP contribution in [0.5, 0.6) is 0 Å². The van der Waals surface area contributed by atoms with Gasteiger partial charge in [-0.25, -0.2) is 4.79 Å². The summed E-state index contributed by atoms with van der Waals surface area (Å²) < 4.78 is 10.3. The fourth-order valence-corrected chi connectivity index (χ4v) is 6.28. The Kier molecular flexibility index (Phi) is 8.44. The zero-order valence-electron chi connectivity index (χ0n) is 24.5. The third-order valence-electron chi connectivity index (χ3n) is 8.57. The predicted octanol–water partition coefficient (Wildman–Crippen LogP) is 7.21. The second-order valence-corrected chi connectivity index (χ2v) is 11.1. The normalized spacial score (nSPS) is 16.4. The molecule has 0 amide bonds. The van der Waals surface area contributed by atoms with Crippen molar-refractivity contribution in [3.63, 3.8) is 0 Å². The molecule has 5 rings (SSSR count). The quantitative estimate of drug-likeness (QED) is 0.122. The Bertz CT molecular complexity index is 1550. The highest BCUT2D eigenvalue weighted by atomic mass is 16.5. The predicted molar refractivity (Wildman–Crippen MR) is 161 cm³/mol. The number of ether oxygens (including phenoxy) is 1. The molecular formula is C36H42N2O2+2. The Morgan fingerprint density at radius 2 is 1.80 bits per heavy atom. The van der Waals surface area contributed by atoms with E-state index in [1.165, 1.54) is 51.6 Å². The van der Waals surface area contributed by atoms with Crippen molar-refractivity contribution >= 4 is 16.7 Å². The van der Waals surface area contributed by atoms with Crippen LogP contribution in [0.3, 0.4) is 0 Å². The lowest BCUT2D eigenvalue weighted by molar-refractivity contribution is -0.694. The molecule has 0 saturated carbocycles. The molecule has 1 aliphatic rings. The highest BCUT2D eigenvalue weighted by molar-refractivity contribution is 5.94. The van der Waals surface area contributed by atoms with Crippen LogP contribution in [0.1, 0.15) is 74.5 Å². The van der Waals surface area contributed by atoms with E-state index in [2.05, 4.69) is 86.1 Å². The van der Waals surface area contributed by atoms with Crippen LogP contribution in [0.4, 0.5) is 0 Å². The third-order valence-corrected chi connectivity index (χ3v) is 8.57. The van der Waals surface area contributed by atoms with Crippen molar-refractivity contribution in [2.45, 2.75) is 71.3 Å². The molecule has 2 aromatic heterocycles. The molecule has 4 nitrogen and oxygen atoms in total. The zero-order valence-corrected chi connectivity index (χ0v) is 24.5. The number of hydrogen-bond acceptors (Lipinski definition) is 2. The second-order valence-electron chi connectivity index (χ2n) is 11.1. The summed E-state index contributed by atoms with van der Waals surface area (Å²) in [5.41, 5.74) is 6.75. The van der Waals surface area contributed by atoms with Crippen molar-refractivity contribution < 1.29 is 18.7 Å². The van der Waals surface area contributed by atoms with Gasteiger partial charge in [-0.2, -0.15) is 9.13 Å². The number of rotatable bonds is 10. The summed E-state index contributed by atoms with van der Waals surface area (Å²) in [4.78, 5) is 13.1. The number of benzene rings is 2. The molecule has 1 unspecified atom stereocenters. The minimum atomic E-state index is -0.293. The smallest absolute Gasteiger partial charge is 0.403 e. The molecule has 0 N–H and O–H groups in total. The molecular weight excluding hydrogens is 492 g/mol. The molecule has 4 aromatic rings. The maximum atomic E-state index is 13.1. The number of allylic oxidation sites excluding steroid dienone is 1. The number of nitrogens with zero attached hydrogens (tertiary/aromatic N) is 2. The SMILES string of the molecule is CCCC=C(COC(=O)c1cccc[n+]1C)C1(CC)C[n+]2ccc3cc(CCCC)ccc3c2-c2ccccc21. The van der Waals surface area contributed by atoms with E-state index in [1.54, 1.807) is 0 Å². The number of carbonyl (C=O) groups is 1. The molecule has 1 atom stereocenters. The third kappa shape index (κ3) is 5.20. The Morgan fingerprint density at radius 1 is 0.975 bits per heavy atom. The zero-order chi connectivity index (χ0) is 28.1. The van der Waals surface area contributed by atoms with Crippen LogP contribution in [-0.2, 0) is 30.2 Å². The summed E-state index contributed by atoms with van der Waals surface area (Å²) in [6.45, 7) is 7.80. The van der Waals surface area contributed by atoms with Crippen LogP contribution in [-0.4, -0.2) is 12.6 Å². The van der Waals surface area contributed by atoms with Crippen LogP contribution in [0.25, 0.3) is 22.0 Å². The van der Waals surface area contributed by atoms with Gasteiger partial charge in [0, 0.05) is 18.2 Å². The largest absolute Gasteiger partial charge is 0.453 e. The first kappa shape index (κ1) is 27.8. The van der Waals surface area contributed by atoms with Gasteiger partial charge in [0.1, 0.15) is 13.7 Å². The number of aromatic nitrogens is 2. The molecule has 40 heavy (non-hydrogen) atoms. The Morgan fingerprint density at radius 3 is 2.58 bits per heavy atom. The highest BCUT2D eigenvalue weighted by Gasteiger charge is 2.46. The first-order chi connectivity index (χ1) is 19.5. The molecule has 2 aromatic carbocycles. The number of aryl methyl sites for hydroxylation is 2. The summed E-state index contributed by atoms with van der Waals surface area (Å²) in [5.74, 6) is -0.293. The number of pyridine rings is 2. The van der Waals surface area contributed by atoms with Crippen molar-refractivity contribution in [2.24, 2.45) is 7.05 Å². The number of hydrogen-bond donors (Lipinski definition) is 0. The van der Waals surface area contributed by atoms with Crippen molar-refractivity contribution in [1.82, 2.24) is 0 Å². The molecule has 0 spiro atoms. The molecule has 4 heteroatoms. The van der Waals surface area contributed by atoms with Gasteiger partial charge in [-0.05, 0) is 66.0 Å². The van der Waals surface area contributed by atoms with Crippen molar-refractivity contribution in [1.29, 1.82) is 0 Å². The van der Waals surface area contributed by atoms with E-state index in [9.17, 15) is 4.79 Å².